The van der Waals surface area contributed by atoms with Gasteiger partial charge in [0, 0.05) is 0 Å². The van der Waals surface area contributed by atoms with Crippen molar-refractivity contribution in [3.05, 3.63) is 102 Å². The number of fused-ring (bicyclic) bond motifs is 3. The van der Waals surface area contributed by atoms with E-state index >= 15 is 0 Å². The number of ether oxygens (including phenoxy) is 9. The van der Waals surface area contributed by atoms with Crippen LogP contribution in [0.1, 0.15) is 27.4 Å². The zero-order valence-electron chi connectivity index (χ0n) is 26.0. The Balaban J connectivity index is 0.952. The molecule has 0 aromatic heterocycles. The van der Waals surface area contributed by atoms with Crippen LogP contribution >= 0.6 is 0 Å². The Morgan fingerprint density at radius 2 is 1.04 bits per heavy atom. The number of halogens is 3. The molecule has 4 aromatic rings. The monoisotopic (exact) mass is 680 g/mol. The number of alkyl halides is 3. The van der Waals surface area contributed by atoms with E-state index in [1.165, 1.54) is 36.4 Å². The molecule has 3 unspecified atom stereocenters. The summed E-state index contributed by atoms with van der Waals surface area (Å²) in [5, 5.41) is 0. The maximum atomic E-state index is 14.5. The number of rotatable bonds is 16. The molecule has 10 nitrogen and oxygen atoms in total. The van der Waals surface area contributed by atoms with Gasteiger partial charge in [-0.25, -0.2) is 4.79 Å². The molecule has 1 aliphatic carbocycles. The van der Waals surface area contributed by atoms with E-state index in [2.05, 4.69) is 0 Å². The van der Waals surface area contributed by atoms with Gasteiger partial charge in [-0.2, -0.15) is 13.2 Å². The molecule has 0 radical (unpaired) electrons. The van der Waals surface area contributed by atoms with Crippen LogP contribution in [-0.2, 0) is 18.9 Å². The lowest BCUT2D eigenvalue weighted by molar-refractivity contribution is -0.140. The summed E-state index contributed by atoms with van der Waals surface area (Å²) in [6, 6.07) is 21.7. The fraction of sp³-hybridized carbons (Fsp3) is 0.306. The molecule has 4 aromatic carbocycles. The SMILES string of the molecule is O=C(Oc1ccc2c(c1)C(C(F)(F)F)c1cc(OCOc3ccc(OCOCC4CO4)cc3)ccc1-2)c1ccc(OCOCC2CO2)cc1. The van der Waals surface area contributed by atoms with Gasteiger partial charge in [0.1, 0.15) is 46.9 Å². The molecule has 0 bridgehead atoms. The summed E-state index contributed by atoms with van der Waals surface area (Å²) in [7, 11) is 0. The van der Waals surface area contributed by atoms with E-state index in [-0.39, 0.29) is 60.8 Å². The molecule has 49 heavy (non-hydrogen) atoms. The van der Waals surface area contributed by atoms with E-state index in [9.17, 15) is 18.0 Å². The molecule has 0 amide bonds. The minimum atomic E-state index is -4.62. The molecular formula is C36H31F3O10. The fourth-order valence-electron chi connectivity index (χ4n) is 5.28. The molecule has 2 fully saturated rings. The van der Waals surface area contributed by atoms with Crippen LogP contribution in [0, 0.1) is 0 Å². The van der Waals surface area contributed by atoms with Crippen molar-refractivity contribution in [3.8, 4) is 39.9 Å². The predicted molar refractivity (Wildman–Crippen MR) is 166 cm³/mol. The summed E-state index contributed by atoms with van der Waals surface area (Å²) in [6.07, 6.45) is -4.35. The van der Waals surface area contributed by atoms with Crippen LogP contribution in [0.3, 0.4) is 0 Å². The van der Waals surface area contributed by atoms with E-state index in [4.69, 9.17) is 42.6 Å². The van der Waals surface area contributed by atoms with Crippen LogP contribution < -0.4 is 23.7 Å². The Hall–Kier alpha value is -4.82. The first-order chi connectivity index (χ1) is 23.8. The van der Waals surface area contributed by atoms with E-state index < -0.39 is 18.1 Å². The normalized spacial score (nSPS) is 18.6. The number of carbonyl (C=O) groups excluding carboxylic acids is 1. The highest BCUT2D eigenvalue weighted by Gasteiger charge is 2.47. The lowest BCUT2D eigenvalue weighted by atomic mass is 9.96. The highest BCUT2D eigenvalue weighted by molar-refractivity contribution is 5.91. The van der Waals surface area contributed by atoms with Gasteiger partial charge in [0.2, 0.25) is 6.79 Å². The van der Waals surface area contributed by atoms with Crippen molar-refractivity contribution in [3.63, 3.8) is 0 Å². The highest BCUT2D eigenvalue weighted by Crippen LogP contribution is 2.53. The van der Waals surface area contributed by atoms with Gasteiger partial charge in [0.05, 0.1) is 32.0 Å². The Morgan fingerprint density at radius 1 is 0.612 bits per heavy atom. The molecule has 0 N–H and O–H groups in total. The molecule has 0 spiro atoms. The van der Waals surface area contributed by atoms with E-state index in [1.807, 2.05) is 0 Å². The zero-order chi connectivity index (χ0) is 33.8. The van der Waals surface area contributed by atoms with Crippen molar-refractivity contribution >= 4 is 5.97 Å². The topological polar surface area (TPSA) is 107 Å². The van der Waals surface area contributed by atoms with Gasteiger partial charge in [-0.15, -0.1) is 0 Å². The number of hydrogen-bond donors (Lipinski definition) is 0. The van der Waals surface area contributed by atoms with Gasteiger partial charge in [-0.05, 0) is 95.1 Å². The van der Waals surface area contributed by atoms with Crippen molar-refractivity contribution in [1.29, 1.82) is 0 Å². The second-order valence-electron chi connectivity index (χ2n) is 11.4. The standard InChI is InChI=1S/C36H31F3O10/c37-36(38,39)34-32-13-26(48-21-47-25-7-5-24(6-8-25)46-20-42-16-29-18-44-29)9-11-30(32)31-12-10-27(14-33(31)34)49-35(40)22-1-3-23(4-2-22)45-19-41-15-28-17-43-28/h1-14,28-29,34H,15-21H2. The third-order valence-electron chi connectivity index (χ3n) is 7.89. The quantitative estimate of drug-likeness (QED) is 0.0428. The van der Waals surface area contributed by atoms with Crippen molar-refractivity contribution in [2.45, 2.75) is 24.3 Å². The molecule has 3 aliphatic rings. The molecule has 7 rings (SSSR count). The van der Waals surface area contributed by atoms with Gasteiger partial charge in [-0.1, -0.05) is 12.1 Å². The molecule has 2 aliphatic heterocycles. The summed E-state index contributed by atoms with van der Waals surface area (Å²) in [4.78, 5) is 12.8. The second-order valence-corrected chi connectivity index (χ2v) is 11.4. The van der Waals surface area contributed by atoms with Gasteiger partial charge < -0.3 is 42.6 Å². The van der Waals surface area contributed by atoms with Gasteiger partial charge in [0.25, 0.3) is 0 Å². The molecule has 2 saturated heterocycles. The fourth-order valence-corrected chi connectivity index (χ4v) is 5.28. The van der Waals surface area contributed by atoms with Crippen molar-refractivity contribution in [2.24, 2.45) is 0 Å². The lowest BCUT2D eigenvalue weighted by Crippen LogP contribution is -2.20. The number of epoxide rings is 2. The zero-order valence-corrected chi connectivity index (χ0v) is 26.0. The molecule has 0 saturated carbocycles. The number of carbonyl (C=O) groups is 1. The molecular weight excluding hydrogens is 649 g/mol. The molecule has 2 heterocycles. The Kier molecular flexibility index (Phi) is 9.58. The van der Waals surface area contributed by atoms with Crippen LogP contribution in [0.4, 0.5) is 13.2 Å². The summed E-state index contributed by atoms with van der Waals surface area (Å²) in [5.74, 6) is -0.924. The smallest absolute Gasteiger partial charge is 0.399 e. The predicted octanol–water partition coefficient (Wildman–Crippen LogP) is 6.50. The van der Waals surface area contributed by atoms with Gasteiger partial charge >= 0.3 is 12.1 Å². The second kappa shape index (κ2) is 14.3. The van der Waals surface area contributed by atoms with E-state index in [0.717, 1.165) is 0 Å². The Bertz CT molecular complexity index is 1750. The first-order valence-corrected chi connectivity index (χ1v) is 15.5. The van der Waals surface area contributed by atoms with Crippen molar-refractivity contribution in [2.75, 3.05) is 46.8 Å². The summed E-state index contributed by atoms with van der Waals surface area (Å²) in [5.41, 5.74) is 1.02. The van der Waals surface area contributed by atoms with Crippen molar-refractivity contribution in [1.82, 2.24) is 0 Å². The molecule has 3 atom stereocenters. The van der Waals surface area contributed by atoms with E-state index in [0.29, 0.717) is 54.8 Å². The van der Waals surface area contributed by atoms with Gasteiger partial charge in [0.15, 0.2) is 13.6 Å². The summed E-state index contributed by atoms with van der Waals surface area (Å²) < 4.78 is 92.1. The van der Waals surface area contributed by atoms with Crippen LogP contribution in [0.5, 0.6) is 28.7 Å². The summed E-state index contributed by atoms with van der Waals surface area (Å²) in [6.45, 7) is 2.20. The number of esters is 1. The minimum Gasteiger partial charge on any atom is -0.468 e. The maximum absolute atomic E-state index is 14.5. The third-order valence-corrected chi connectivity index (χ3v) is 7.89. The van der Waals surface area contributed by atoms with E-state index in [1.54, 1.807) is 48.5 Å². The number of hydrogen-bond acceptors (Lipinski definition) is 10. The molecule has 256 valence electrons. The lowest BCUT2D eigenvalue weighted by Gasteiger charge is -2.18. The third kappa shape index (κ3) is 8.43. The average molecular weight is 681 g/mol. The number of benzene rings is 4. The van der Waals surface area contributed by atoms with Crippen LogP contribution in [0.15, 0.2) is 84.9 Å². The van der Waals surface area contributed by atoms with Crippen LogP contribution in [0.25, 0.3) is 11.1 Å². The Labute approximate surface area is 279 Å². The minimum absolute atomic E-state index is 0.0106. The first-order valence-electron chi connectivity index (χ1n) is 15.5. The summed E-state index contributed by atoms with van der Waals surface area (Å²) >= 11 is 0. The maximum Gasteiger partial charge on any atom is 0.399 e. The van der Waals surface area contributed by atoms with Crippen molar-refractivity contribution < 1.29 is 60.6 Å². The highest BCUT2D eigenvalue weighted by atomic mass is 19.4. The molecule has 13 heteroatoms. The van der Waals surface area contributed by atoms with Gasteiger partial charge in [-0.3, -0.25) is 0 Å². The van der Waals surface area contributed by atoms with Crippen LogP contribution in [0.2, 0.25) is 0 Å². The largest absolute Gasteiger partial charge is 0.468 e. The Morgan fingerprint density at radius 3 is 1.55 bits per heavy atom. The first kappa shape index (κ1) is 32.7. The van der Waals surface area contributed by atoms with Crippen LogP contribution in [-0.4, -0.2) is 71.2 Å². The average Bonchev–Trinajstić information content (AvgIpc) is 4.03.